The highest BCUT2D eigenvalue weighted by Gasteiger charge is 1.88. The van der Waals surface area contributed by atoms with Gasteiger partial charge in [0.1, 0.15) is 7.85 Å². The van der Waals surface area contributed by atoms with Gasteiger partial charge in [-0.1, -0.05) is 28.1 Å². The summed E-state index contributed by atoms with van der Waals surface area (Å²) in [7, 11) is 5.40. The lowest BCUT2D eigenvalue weighted by atomic mass is 10.0. The van der Waals surface area contributed by atoms with Crippen molar-refractivity contribution in [1.82, 2.24) is 4.98 Å². The summed E-state index contributed by atoms with van der Waals surface area (Å²) in [5.41, 5.74) is 1.54. The van der Waals surface area contributed by atoms with Crippen LogP contribution in [0.3, 0.4) is 0 Å². The summed E-state index contributed by atoms with van der Waals surface area (Å²) in [6.07, 6.45) is 0. The zero-order valence-corrected chi connectivity index (χ0v) is 6.43. The number of hydrogen-bond donors (Lipinski definition) is 0. The minimum absolute atomic E-state index is 0.576. The monoisotopic (exact) mass is 181 g/mol. The molecule has 0 aliphatic heterocycles. The average Bonchev–Trinajstić information content (AvgIpc) is 1.88. The largest absolute Gasteiger partial charge is 0.269 e. The summed E-state index contributed by atoms with van der Waals surface area (Å²) in [5, 5.41) is 0.762. The molecule has 1 rings (SSSR count). The predicted molar refractivity (Wildman–Crippen MR) is 42.3 cm³/mol. The van der Waals surface area contributed by atoms with E-state index in [1.54, 1.807) is 6.07 Å². The lowest BCUT2D eigenvalue weighted by Gasteiger charge is -1.94. The van der Waals surface area contributed by atoms with Crippen LogP contribution < -0.4 is 5.59 Å². The molecule has 0 aliphatic rings. The van der Waals surface area contributed by atoms with Gasteiger partial charge in [0.2, 0.25) is 0 Å². The van der Waals surface area contributed by atoms with Crippen molar-refractivity contribution in [1.29, 1.82) is 0 Å². The molecule has 3 heteroatoms. The van der Waals surface area contributed by atoms with Gasteiger partial charge in [-0.3, -0.25) is 4.98 Å². The van der Waals surface area contributed by atoms with Crippen molar-refractivity contribution in [2.45, 2.75) is 5.33 Å². The maximum absolute atomic E-state index is 5.40. The van der Waals surface area contributed by atoms with E-state index in [4.69, 9.17) is 7.85 Å². The van der Waals surface area contributed by atoms with Crippen molar-refractivity contribution in [2.24, 2.45) is 0 Å². The van der Waals surface area contributed by atoms with E-state index in [1.165, 1.54) is 0 Å². The first kappa shape index (κ1) is 6.81. The first-order valence-corrected chi connectivity index (χ1v) is 3.72. The van der Waals surface area contributed by atoms with Crippen molar-refractivity contribution >= 4 is 29.4 Å². The molecule has 9 heavy (non-hydrogen) atoms. The van der Waals surface area contributed by atoms with Crippen molar-refractivity contribution in [3.63, 3.8) is 0 Å². The van der Waals surface area contributed by atoms with Gasteiger partial charge < -0.3 is 0 Å². The molecule has 44 valence electrons. The first-order valence-electron chi connectivity index (χ1n) is 2.60. The van der Waals surface area contributed by atoms with E-state index in [-0.39, 0.29) is 0 Å². The van der Waals surface area contributed by atoms with Crippen LogP contribution in [0.4, 0.5) is 0 Å². The van der Waals surface area contributed by atoms with E-state index in [9.17, 15) is 0 Å². The highest BCUT2D eigenvalue weighted by Crippen LogP contribution is 1.96. The number of alkyl halides is 1. The molecule has 0 saturated heterocycles. The quantitative estimate of drug-likeness (QED) is 0.461. The predicted octanol–water partition coefficient (Wildman–Crippen LogP) is 0.770. The molecule has 1 heterocycles. The van der Waals surface area contributed by atoms with Gasteiger partial charge in [-0.05, 0) is 11.7 Å². The molecular weight excluding hydrogens is 177 g/mol. The molecule has 1 aromatic heterocycles. The fourth-order valence-electron chi connectivity index (χ4n) is 0.573. The second-order valence-corrected chi connectivity index (χ2v) is 2.25. The minimum Gasteiger partial charge on any atom is -0.269 e. The second-order valence-electron chi connectivity index (χ2n) is 1.69. The van der Waals surface area contributed by atoms with E-state index < -0.39 is 0 Å². The maximum atomic E-state index is 5.40. The van der Waals surface area contributed by atoms with E-state index in [0.29, 0.717) is 5.59 Å². The molecule has 0 N–H and O–H groups in total. The third-order valence-electron chi connectivity index (χ3n) is 0.965. The Labute approximate surface area is 64.0 Å². The number of hydrogen-bond acceptors (Lipinski definition) is 1. The van der Waals surface area contributed by atoms with Gasteiger partial charge >= 0.3 is 0 Å². The highest BCUT2D eigenvalue weighted by molar-refractivity contribution is 9.08. The van der Waals surface area contributed by atoms with Crippen LogP contribution in [0.15, 0.2) is 18.2 Å². The van der Waals surface area contributed by atoms with Gasteiger partial charge in [0, 0.05) is 5.33 Å². The number of halogens is 1. The smallest absolute Gasteiger partial charge is 0.141 e. The van der Waals surface area contributed by atoms with Gasteiger partial charge in [0.15, 0.2) is 0 Å². The molecule has 0 saturated carbocycles. The molecule has 0 unspecified atom stereocenters. The van der Waals surface area contributed by atoms with Crippen molar-refractivity contribution < 1.29 is 0 Å². The Morgan fingerprint density at radius 2 is 2.33 bits per heavy atom. The molecule has 0 aliphatic carbocycles. The van der Waals surface area contributed by atoms with Gasteiger partial charge in [-0.2, -0.15) is 0 Å². The Bertz CT molecular complexity index is 202. The molecule has 2 radical (unpaired) electrons. The second kappa shape index (κ2) is 3.02. The molecule has 0 spiro atoms. The fourth-order valence-corrected chi connectivity index (χ4v) is 0.885. The Morgan fingerprint density at radius 1 is 1.56 bits per heavy atom. The van der Waals surface area contributed by atoms with Gasteiger partial charge in [0.25, 0.3) is 0 Å². The van der Waals surface area contributed by atoms with E-state index >= 15 is 0 Å². The lowest BCUT2D eigenvalue weighted by molar-refractivity contribution is 1.22. The fraction of sp³-hybridized carbons (Fsp3) is 0.167. The van der Waals surface area contributed by atoms with Gasteiger partial charge in [-0.15, -0.1) is 0 Å². The Balaban J connectivity index is 2.94. The number of pyridine rings is 1. The third-order valence-corrected chi connectivity index (χ3v) is 1.54. The molecule has 0 bridgehead atoms. The van der Waals surface area contributed by atoms with Crippen molar-refractivity contribution in [2.75, 3.05) is 0 Å². The maximum Gasteiger partial charge on any atom is 0.141 e. The van der Waals surface area contributed by atoms with Crippen LogP contribution in [0.1, 0.15) is 5.69 Å². The van der Waals surface area contributed by atoms with Crippen LogP contribution in [0.25, 0.3) is 0 Å². The SMILES string of the molecule is [B]c1cccc(CBr)n1. The normalized spacial score (nSPS) is 9.44. The Hall–Kier alpha value is -0.305. The lowest BCUT2D eigenvalue weighted by Crippen LogP contribution is -2.08. The summed E-state index contributed by atoms with van der Waals surface area (Å²) in [5.74, 6) is 0. The molecule has 0 fully saturated rings. The van der Waals surface area contributed by atoms with Crippen LogP contribution >= 0.6 is 15.9 Å². The summed E-state index contributed by atoms with van der Waals surface area (Å²) < 4.78 is 0. The minimum atomic E-state index is 0.576. The number of nitrogens with zero attached hydrogens (tertiary/aromatic N) is 1. The molecule has 1 nitrogen and oxygen atoms in total. The van der Waals surface area contributed by atoms with E-state index in [2.05, 4.69) is 20.9 Å². The molecule has 1 aromatic rings. The van der Waals surface area contributed by atoms with Crippen LogP contribution in [-0.2, 0) is 5.33 Å². The van der Waals surface area contributed by atoms with Crippen LogP contribution in [-0.4, -0.2) is 12.8 Å². The van der Waals surface area contributed by atoms with Crippen LogP contribution in [0, 0.1) is 0 Å². The van der Waals surface area contributed by atoms with Gasteiger partial charge in [0.05, 0.1) is 5.69 Å². The molecule has 0 amide bonds. The Kier molecular flexibility index (Phi) is 2.28. The van der Waals surface area contributed by atoms with Crippen LogP contribution in [0.2, 0.25) is 0 Å². The number of rotatable bonds is 1. The van der Waals surface area contributed by atoms with E-state index in [0.717, 1.165) is 11.0 Å². The molecular formula is C6H5BBrN. The number of aromatic nitrogens is 1. The summed E-state index contributed by atoms with van der Waals surface area (Å²) in [4.78, 5) is 4.02. The molecule has 0 atom stereocenters. The molecule has 0 aromatic carbocycles. The highest BCUT2D eigenvalue weighted by atomic mass is 79.9. The zero-order chi connectivity index (χ0) is 6.69. The van der Waals surface area contributed by atoms with Crippen molar-refractivity contribution in [3.05, 3.63) is 23.9 Å². The first-order chi connectivity index (χ1) is 4.33. The average molecular weight is 182 g/mol. The summed E-state index contributed by atoms with van der Waals surface area (Å²) in [6, 6.07) is 5.58. The van der Waals surface area contributed by atoms with Crippen molar-refractivity contribution in [3.8, 4) is 0 Å². The summed E-state index contributed by atoms with van der Waals surface area (Å²) >= 11 is 3.27. The summed E-state index contributed by atoms with van der Waals surface area (Å²) in [6.45, 7) is 0. The topological polar surface area (TPSA) is 12.9 Å². The van der Waals surface area contributed by atoms with Gasteiger partial charge in [-0.25, -0.2) is 0 Å². The van der Waals surface area contributed by atoms with Crippen LogP contribution in [0.5, 0.6) is 0 Å². The zero-order valence-electron chi connectivity index (χ0n) is 4.84. The standard InChI is InChI=1S/C6H5BBrN/c7-6-3-1-2-5(4-8)9-6/h1-3H,4H2. The van der Waals surface area contributed by atoms with E-state index in [1.807, 2.05) is 12.1 Å². The Morgan fingerprint density at radius 3 is 2.78 bits per heavy atom. The third kappa shape index (κ3) is 1.82.